The zero-order chi connectivity index (χ0) is 19.9. The maximum absolute atomic E-state index is 12.2. The predicted molar refractivity (Wildman–Crippen MR) is 106 cm³/mol. The molecule has 0 unspecified atom stereocenters. The molecular weight excluding hydrogens is 403 g/mol. The van der Waals surface area contributed by atoms with Crippen LogP contribution in [0.25, 0.3) is 0 Å². The molecule has 28 heavy (non-hydrogen) atoms. The van der Waals surface area contributed by atoms with E-state index in [9.17, 15) is 9.59 Å². The van der Waals surface area contributed by atoms with E-state index in [-0.39, 0.29) is 15.9 Å². The van der Waals surface area contributed by atoms with Gasteiger partial charge in [-0.25, -0.2) is 9.78 Å². The molecule has 0 atom stereocenters. The number of pyridine rings is 1. The second-order valence-corrected chi connectivity index (χ2v) is 6.31. The normalized spacial score (nSPS) is 10.2. The van der Waals surface area contributed by atoms with Crippen molar-refractivity contribution in [3.63, 3.8) is 0 Å². The Hall–Kier alpha value is -3.09. The van der Waals surface area contributed by atoms with Crippen LogP contribution in [0.15, 0.2) is 66.7 Å². The van der Waals surface area contributed by atoms with Crippen LogP contribution < -0.4 is 10.1 Å². The lowest BCUT2D eigenvalue weighted by molar-refractivity contribution is -0.119. The lowest BCUT2D eigenvalue weighted by atomic mass is 10.2. The van der Waals surface area contributed by atoms with Crippen LogP contribution in [0.3, 0.4) is 0 Å². The smallest absolute Gasteiger partial charge is 0.338 e. The number of aromatic nitrogens is 1. The largest absolute Gasteiger partial charge is 0.455 e. The third-order valence-corrected chi connectivity index (χ3v) is 3.85. The first kappa shape index (κ1) is 19.7. The van der Waals surface area contributed by atoms with Gasteiger partial charge < -0.3 is 14.8 Å². The number of para-hydroxylation sites is 3. The molecule has 1 heterocycles. The first-order chi connectivity index (χ1) is 13.5. The molecular formula is C20H14Cl2N2O4. The molecule has 0 aliphatic carbocycles. The maximum Gasteiger partial charge on any atom is 0.338 e. The van der Waals surface area contributed by atoms with Crippen LogP contribution in [0.2, 0.25) is 10.3 Å². The van der Waals surface area contributed by atoms with Crippen LogP contribution >= 0.6 is 23.2 Å². The summed E-state index contributed by atoms with van der Waals surface area (Å²) in [5.41, 5.74) is 0.549. The number of ether oxygens (including phenoxy) is 2. The van der Waals surface area contributed by atoms with Crippen LogP contribution in [-0.4, -0.2) is 23.5 Å². The molecule has 0 radical (unpaired) electrons. The molecule has 1 N–H and O–H groups in total. The number of carbonyl (C=O) groups is 2. The van der Waals surface area contributed by atoms with Crippen LogP contribution in [0.4, 0.5) is 5.69 Å². The van der Waals surface area contributed by atoms with Crippen molar-refractivity contribution >= 4 is 40.8 Å². The van der Waals surface area contributed by atoms with E-state index in [1.165, 1.54) is 12.1 Å². The molecule has 3 aromatic rings. The number of anilines is 1. The van der Waals surface area contributed by atoms with Gasteiger partial charge in [0.2, 0.25) is 0 Å². The van der Waals surface area contributed by atoms with E-state index in [0.29, 0.717) is 17.2 Å². The van der Waals surface area contributed by atoms with Crippen molar-refractivity contribution in [1.29, 1.82) is 0 Å². The summed E-state index contributed by atoms with van der Waals surface area (Å²) in [4.78, 5) is 28.0. The van der Waals surface area contributed by atoms with Gasteiger partial charge in [0.05, 0.1) is 11.3 Å². The summed E-state index contributed by atoms with van der Waals surface area (Å²) in [6.07, 6.45) is 0. The highest BCUT2D eigenvalue weighted by atomic mass is 35.5. The summed E-state index contributed by atoms with van der Waals surface area (Å²) < 4.78 is 10.8. The quantitative estimate of drug-likeness (QED) is 0.452. The molecule has 8 heteroatoms. The van der Waals surface area contributed by atoms with E-state index in [0.717, 1.165) is 0 Å². The number of rotatable bonds is 6. The van der Waals surface area contributed by atoms with Crippen molar-refractivity contribution in [1.82, 2.24) is 4.98 Å². The molecule has 0 saturated heterocycles. The fourth-order valence-corrected chi connectivity index (χ4v) is 2.72. The summed E-state index contributed by atoms with van der Waals surface area (Å²) >= 11 is 11.5. The number of carbonyl (C=O) groups excluding carboxylic acids is 2. The monoisotopic (exact) mass is 416 g/mol. The van der Waals surface area contributed by atoms with Crippen molar-refractivity contribution in [2.75, 3.05) is 11.9 Å². The molecule has 3 rings (SSSR count). The summed E-state index contributed by atoms with van der Waals surface area (Å²) in [5, 5.41) is 2.76. The molecule has 0 aliphatic heterocycles. The van der Waals surface area contributed by atoms with Crippen LogP contribution in [0, 0.1) is 0 Å². The summed E-state index contributed by atoms with van der Waals surface area (Å²) in [6.45, 7) is -0.490. The fourth-order valence-electron chi connectivity index (χ4n) is 2.26. The van der Waals surface area contributed by atoms with E-state index in [2.05, 4.69) is 10.3 Å². The Morgan fingerprint density at radius 3 is 2.29 bits per heavy atom. The Labute approximate surface area is 171 Å². The third-order valence-electron chi connectivity index (χ3n) is 3.47. The van der Waals surface area contributed by atoms with Gasteiger partial charge in [0.1, 0.15) is 16.1 Å². The molecule has 0 saturated carbocycles. The first-order valence-corrected chi connectivity index (χ1v) is 8.89. The molecule has 0 spiro atoms. The zero-order valence-corrected chi connectivity index (χ0v) is 15.9. The highest BCUT2D eigenvalue weighted by molar-refractivity contribution is 6.32. The van der Waals surface area contributed by atoms with E-state index in [4.69, 9.17) is 32.7 Å². The van der Waals surface area contributed by atoms with E-state index in [1.54, 1.807) is 36.4 Å². The first-order valence-electron chi connectivity index (χ1n) is 8.13. The van der Waals surface area contributed by atoms with Gasteiger partial charge in [-0.1, -0.05) is 53.5 Å². The Morgan fingerprint density at radius 2 is 1.57 bits per heavy atom. The standard InChI is InChI=1S/C20H14Cl2N2O4/c21-17-10-13(11-18(22)24-17)20(26)27-12-19(25)23-15-8-4-5-9-16(15)28-14-6-2-1-3-7-14/h1-11H,12H2,(H,23,25). The van der Waals surface area contributed by atoms with Crippen LogP contribution in [0.5, 0.6) is 11.5 Å². The maximum atomic E-state index is 12.2. The van der Waals surface area contributed by atoms with Crippen LogP contribution in [0.1, 0.15) is 10.4 Å². The molecule has 0 aliphatic rings. The van der Waals surface area contributed by atoms with Crippen LogP contribution in [-0.2, 0) is 9.53 Å². The Kier molecular flexibility index (Phi) is 6.47. The van der Waals surface area contributed by atoms with Gasteiger partial charge in [-0.3, -0.25) is 4.79 Å². The van der Waals surface area contributed by atoms with E-state index >= 15 is 0 Å². The number of nitrogens with zero attached hydrogens (tertiary/aromatic N) is 1. The zero-order valence-electron chi connectivity index (χ0n) is 14.4. The molecule has 1 amide bonds. The summed E-state index contributed by atoms with van der Waals surface area (Å²) in [7, 11) is 0. The second-order valence-electron chi connectivity index (χ2n) is 5.54. The molecule has 6 nitrogen and oxygen atoms in total. The molecule has 2 aromatic carbocycles. The SMILES string of the molecule is O=C(COC(=O)c1cc(Cl)nc(Cl)c1)Nc1ccccc1Oc1ccccc1. The van der Waals surface area contributed by atoms with Gasteiger partial charge >= 0.3 is 5.97 Å². The minimum Gasteiger partial charge on any atom is -0.455 e. The highest BCUT2D eigenvalue weighted by Crippen LogP contribution is 2.29. The van der Waals surface area contributed by atoms with Gasteiger partial charge in [0, 0.05) is 0 Å². The highest BCUT2D eigenvalue weighted by Gasteiger charge is 2.14. The summed E-state index contributed by atoms with van der Waals surface area (Å²) in [5.74, 6) is -0.179. The second kappa shape index (κ2) is 9.21. The number of nitrogens with one attached hydrogen (secondary N) is 1. The number of hydrogen-bond donors (Lipinski definition) is 1. The van der Waals surface area contributed by atoms with Gasteiger partial charge in [-0.05, 0) is 36.4 Å². The minimum absolute atomic E-state index is 0.0517. The topological polar surface area (TPSA) is 77.5 Å². The Morgan fingerprint density at radius 1 is 0.929 bits per heavy atom. The van der Waals surface area contributed by atoms with Crippen molar-refractivity contribution in [2.24, 2.45) is 0 Å². The number of hydrogen-bond acceptors (Lipinski definition) is 5. The predicted octanol–water partition coefficient (Wildman–Crippen LogP) is 4.98. The third kappa shape index (κ3) is 5.45. The van der Waals surface area contributed by atoms with Crippen molar-refractivity contribution in [3.8, 4) is 11.5 Å². The Balaban J connectivity index is 1.61. The molecule has 0 bridgehead atoms. The lowest BCUT2D eigenvalue weighted by Crippen LogP contribution is -2.21. The van der Waals surface area contributed by atoms with E-state index in [1.807, 2.05) is 18.2 Å². The number of halogens is 2. The van der Waals surface area contributed by atoms with Crippen molar-refractivity contribution in [3.05, 3.63) is 82.6 Å². The lowest BCUT2D eigenvalue weighted by Gasteiger charge is -2.12. The average molecular weight is 417 g/mol. The number of esters is 1. The van der Waals surface area contributed by atoms with E-state index < -0.39 is 18.5 Å². The molecule has 0 fully saturated rings. The molecule has 142 valence electrons. The fraction of sp³-hybridized carbons (Fsp3) is 0.0500. The van der Waals surface area contributed by atoms with Gasteiger partial charge in [0.15, 0.2) is 12.4 Å². The van der Waals surface area contributed by atoms with Crippen molar-refractivity contribution in [2.45, 2.75) is 0 Å². The van der Waals surface area contributed by atoms with Gasteiger partial charge in [-0.2, -0.15) is 0 Å². The van der Waals surface area contributed by atoms with Gasteiger partial charge in [0.25, 0.3) is 5.91 Å². The average Bonchev–Trinajstić information content (AvgIpc) is 2.68. The van der Waals surface area contributed by atoms with Gasteiger partial charge in [-0.15, -0.1) is 0 Å². The number of benzene rings is 2. The minimum atomic E-state index is -0.741. The molecule has 1 aromatic heterocycles. The van der Waals surface area contributed by atoms with Crippen molar-refractivity contribution < 1.29 is 19.1 Å². The summed E-state index contributed by atoms with van der Waals surface area (Å²) in [6, 6.07) is 18.7. The Bertz CT molecular complexity index is 976. The number of amides is 1.